The van der Waals surface area contributed by atoms with Crippen LogP contribution >= 0.6 is 35.7 Å². The monoisotopic (exact) mass is 505 g/mol. The fourth-order valence-corrected chi connectivity index (χ4v) is 4.04. The van der Waals surface area contributed by atoms with Gasteiger partial charge < -0.3 is 15.0 Å². The van der Waals surface area contributed by atoms with Gasteiger partial charge >= 0.3 is 5.97 Å². The summed E-state index contributed by atoms with van der Waals surface area (Å²) in [5.74, 6) is 2.72. The molecule has 1 unspecified atom stereocenters. The normalized spacial score (nSPS) is 16.7. The number of hydrogen-bond donors (Lipinski definition) is 1. The number of ether oxygens (including phenoxy) is 1. The summed E-state index contributed by atoms with van der Waals surface area (Å²) >= 11 is 1.94. The van der Waals surface area contributed by atoms with Gasteiger partial charge in [0, 0.05) is 43.2 Å². The highest BCUT2D eigenvalue weighted by Gasteiger charge is 2.24. The van der Waals surface area contributed by atoms with Gasteiger partial charge in [-0.1, -0.05) is 18.2 Å². The second-order valence-electron chi connectivity index (χ2n) is 6.49. The molecule has 1 atom stereocenters. The number of unbranched alkanes of at least 4 members (excludes halogenated alkanes) is 1. The summed E-state index contributed by atoms with van der Waals surface area (Å²) in [5.41, 5.74) is 0. The summed E-state index contributed by atoms with van der Waals surface area (Å²) in [4.78, 5) is 19.6. The second-order valence-corrected chi connectivity index (χ2v) is 7.59. The highest BCUT2D eigenvalue weighted by Crippen LogP contribution is 2.25. The largest absolute Gasteiger partial charge is 0.469 e. The van der Waals surface area contributed by atoms with Gasteiger partial charge in [-0.2, -0.15) is 0 Å². The third-order valence-electron chi connectivity index (χ3n) is 4.43. The summed E-state index contributed by atoms with van der Waals surface area (Å²) in [6, 6.07) is 10.6. The summed E-state index contributed by atoms with van der Waals surface area (Å²) < 4.78 is 4.67. The molecule has 1 N–H and O–H groups in total. The van der Waals surface area contributed by atoms with E-state index in [-0.39, 0.29) is 29.9 Å². The van der Waals surface area contributed by atoms with Crippen LogP contribution in [0.15, 0.2) is 40.2 Å². The van der Waals surface area contributed by atoms with Crippen LogP contribution in [0.5, 0.6) is 0 Å². The van der Waals surface area contributed by atoms with Gasteiger partial charge in [-0.25, -0.2) is 0 Å². The number of carbonyl (C=O) groups is 1. The molecule has 0 saturated carbocycles. The van der Waals surface area contributed by atoms with Crippen LogP contribution in [-0.2, 0) is 9.53 Å². The first-order chi connectivity index (χ1) is 12.7. The number of likely N-dealkylation sites (tertiary alicyclic amines) is 1. The van der Waals surface area contributed by atoms with E-state index in [0.717, 1.165) is 50.7 Å². The summed E-state index contributed by atoms with van der Waals surface area (Å²) in [5, 5.41) is 3.41. The van der Waals surface area contributed by atoms with Gasteiger partial charge in [0.25, 0.3) is 0 Å². The molecule has 0 aliphatic carbocycles. The zero-order valence-electron chi connectivity index (χ0n) is 16.4. The summed E-state index contributed by atoms with van der Waals surface area (Å²) in [7, 11) is 1.43. The standard InChI is InChI=1S/C20H31N3O2S.HI/c1-3-21-20(22-13-8-7-11-19(24)25-2)23-14-12-17(15-23)16-26-18-9-5-4-6-10-18;/h4-6,9-10,17H,3,7-8,11-16H2,1-2H3,(H,21,22);1H. The Morgan fingerprint density at radius 1 is 1.33 bits per heavy atom. The molecule has 152 valence electrons. The molecule has 1 aromatic carbocycles. The number of nitrogens with zero attached hydrogens (tertiary/aromatic N) is 2. The Kier molecular flexibility index (Phi) is 12.6. The molecule has 1 heterocycles. The van der Waals surface area contributed by atoms with Crippen molar-refractivity contribution in [1.29, 1.82) is 0 Å². The maximum Gasteiger partial charge on any atom is 0.305 e. The highest BCUT2D eigenvalue weighted by molar-refractivity contribution is 14.0. The number of thioether (sulfide) groups is 1. The maximum atomic E-state index is 11.1. The number of rotatable bonds is 9. The lowest BCUT2D eigenvalue weighted by Gasteiger charge is -2.21. The van der Waals surface area contributed by atoms with E-state index in [1.807, 2.05) is 11.8 Å². The van der Waals surface area contributed by atoms with Crippen molar-refractivity contribution in [3.63, 3.8) is 0 Å². The van der Waals surface area contributed by atoms with Crippen molar-refractivity contribution < 1.29 is 9.53 Å². The lowest BCUT2D eigenvalue weighted by molar-refractivity contribution is -0.140. The van der Waals surface area contributed by atoms with Gasteiger partial charge in [0.2, 0.25) is 0 Å². The number of benzene rings is 1. The molecule has 27 heavy (non-hydrogen) atoms. The van der Waals surface area contributed by atoms with E-state index in [2.05, 4.69) is 52.2 Å². The molecular weight excluding hydrogens is 473 g/mol. The highest BCUT2D eigenvalue weighted by atomic mass is 127. The van der Waals surface area contributed by atoms with E-state index in [1.54, 1.807) is 0 Å². The molecule has 0 bridgehead atoms. The van der Waals surface area contributed by atoms with Crippen LogP contribution in [0.1, 0.15) is 32.6 Å². The average molecular weight is 505 g/mol. The lowest BCUT2D eigenvalue weighted by Crippen LogP contribution is -2.40. The molecule has 5 nitrogen and oxygen atoms in total. The van der Waals surface area contributed by atoms with Gasteiger partial charge in [0.1, 0.15) is 0 Å². The predicted octanol–water partition coefficient (Wildman–Crippen LogP) is 4.03. The second kappa shape index (κ2) is 14.1. The quantitative estimate of drug-likeness (QED) is 0.137. The van der Waals surface area contributed by atoms with Crippen LogP contribution in [0.25, 0.3) is 0 Å². The van der Waals surface area contributed by atoms with Gasteiger partial charge in [-0.15, -0.1) is 35.7 Å². The smallest absolute Gasteiger partial charge is 0.305 e. The van der Waals surface area contributed by atoms with Crippen LogP contribution in [0.2, 0.25) is 0 Å². The van der Waals surface area contributed by atoms with Crippen molar-refractivity contribution in [3.8, 4) is 0 Å². The average Bonchev–Trinajstić information content (AvgIpc) is 3.14. The van der Waals surface area contributed by atoms with Crippen LogP contribution in [0, 0.1) is 5.92 Å². The Morgan fingerprint density at radius 3 is 2.81 bits per heavy atom. The van der Waals surface area contributed by atoms with Crippen molar-refractivity contribution in [1.82, 2.24) is 10.2 Å². The lowest BCUT2D eigenvalue weighted by atomic mass is 10.2. The fourth-order valence-electron chi connectivity index (χ4n) is 2.99. The summed E-state index contributed by atoms with van der Waals surface area (Å²) in [6.07, 6.45) is 3.43. The van der Waals surface area contributed by atoms with Crippen molar-refractivity contribution in [2.45, 2.75) is 37.5 Å². The maximum absolute atomic E-state index is 11.1. The molecule has 7 heteroatoms. The molecule has 1 aliphatic heterocycles. The molecule has 2 rings (SSSR count). The molecule has 1 fully saturated rings. The Morgan fingerprint density at radius 2 is 2.11 bits per heavy atom. The molecule has 1 aromatic rings. The van der Waals surface area contributed by atoms with Gasteiger partial charge in [-0.3, -0.25) is 9.79 Å². The number of aliphatic imine (C=N–C) groups is 1. The minimum atomic E-state index is -0.140. The minimum absolute atomic E-state index is 0. The van der Waals surface area contributed by atoms with Gasteiger partial charge in [0.05, 0.1) is 7.11 Å². The van der Waals surface area contributed by atoms with E-state index >= 15 is 0 Å². The van der Waals surface area contributed by atoms with Gasteiger partial charge in [-0.05, 0) is 44.2 Å². The SMILES string of the molecule is CCNC(=NCCCCC(=O)OC)N1CCC(CSc2ccccc2)C1.I. The topological polar surface area (TPSA) is 53.9 Å². The molecule has 1 aliphatic rings. The Hall–Kier alpha value is -0.960. The van der Waals surface area contributed by atoms with Crippen molar-refractivity contribution in [2.75, 3.05) is 39.0 Å². The number of carbonyl (C=O) groups excluding carboxylic acids is 1. The number of methoxy groups -OCH3 is 1. The Bertz CT molecular complexity index is 572. The van der Waals surface area contributed by atoms with E-state index in [0.29, 0.717) is 12.3 Å². The summed E-state index contributed by atoms with van der Waals surface area (Å²) in [6.45, 7) is 5.85. The number of hydrogen-bond acceptors (Lipinski definition) is 4. The van der Waals surface area contributed by atoms with Crippen molar-refractivity contribution in [2.24, 2.45) is 10.9 Å². The Labute approximate surface area is 184 Å². The van der Waals surface area contributed by atoms with E-state index in [1.165, 1.54) is 18.4 Å². The zero-order chi connectivity index (χ0) is 18.6. The molecule has 0 radical (unpaired) electrons. The molecule has 0 aromatic heterocycles. The molecular formula is C20H32IN3O2S. The predicted molar refractivity (Wildman–Crippen MR) is 124 cm³/mol. The zero-order valence-corrected chi connectivity index (χ0v) is 19.5. The third kappa shape index (κ3) is 9.19. The van der Waals surface area contributed by atoms with E-state index in [4.69, 9.17) is 4.99 Å². The number of halogens is 1. The first-order valence-electron chi connectivity index (χ1n) is 9.50. The number of nitrogens with one attached hydrogen (secondary N) is 1. The van der Waals surface area contributed by atoms with Gasteiger partial charge in [0.15, 0.2) is 5.96 Å². The first-order valence-corrected chi connectivity index (χ1v) is 10.5. The Balaban J connectivity index is 0.00000364. The number of esters is 1. The number of guanidine groups is 1. The van der Waals surface area contributed by atoms with E-state index in [9.17, 15) is 4.79 Å². The third-order valence-corrected chi connectivity index (χ3v) is 5.67. The van der Waals surface area contributed by atoms with Crippen molar-refractivity contribution >= 4 is 47.7 Å². The van der Waals surface area contributed by atoms with Crippen LogP contribution in [0.4, 0.5) is 0 Å². The molecule has 0 amide bonds. The van der Waals surface area contributed by atoms with Crippen LogP contribution in [-0.4, -0.2) is 55.9 Å². The molecule has 0 spiro atoms. The van der Waals surface area contributed by atoms with Crippen molar-refractivity contribution in [3.05, 3.63) is 30.3 Å². The minimum Gasteiger partial charge on any atom is -0.469 e. The van der Waals surface area contributed by atoms with E-state index < -0.39 is 0 Å². The molecule has 1 saturated heterocycles. The first kappa shape index (κ1) is 24.1. The van der Waals surface area contributed by atoms with Crippen LogP contribution < -0.4 is 5.32 Å². The fraction of sp³-hybridized carbons (Fsp3) is 0.600. The van der Waals surface area contributed by atoms with Crippen LogP contribution in [0.3, 0.4) is 0 Å².